The summed E-state index contributed by atoms with van der Waals surface area (Å²) in [6.45, 7) is 3.40. The molecule has 0 unspecified atom stereocenters. The van der Waals surface area contributed by atoms with Crippen molar-refractivity contribution in [3.8, 4) is 0 Å². The van der Waals surface area contributed by atoms with Gasteiger partial charge in [-0.1, -0.05) is 0 Å². The van der Waals surface area contributed by atoms with Gasteiger partial charge in [0.05, 0.1) is 0 Å². The summed E-state index contributed by atoms with van der Waals surface area (Å²) in [5.74, 6) is 0. The Labute approximate surface area is 71.4 Å². The van der Waals surface area contributed by atoms with Gasteiger partial charge in [-0.3, -0.25) is 0 Å². The summed E-state index contributed by atoms with van der Waals surface area (Å²) < 4.78 is 0. The number of thiophene rings is 1. The molecule has 2 heterocycles. The standard InChI is InChI=1S/C9H13NS/c1-7-4-6-11-9(7)8-3-2-5-10-8/h4,6,8,10H,2-3,5H2,1H3/t8-/m1/s1. The van der Waals surface area contributed by atoms with Crippen LogP contribution in [0.4, 0.5) is 0 Å². The van der Waals surface area contributed by atoms with Gasteiger partial charge in [0.25, 0.3) is 0 Å². The lowest BCUT2D eigenvalue weighted by molar-refractivity contribution is 0.656. The highest BCUT2D eigenvalue weighted by atomic mass is 32.1. The minimum Gasteiger partial charge on any atom is -0.309 e. The number of hydrogen-bond acceptors (Lipinski definition) is 2. The highest BCUT2D eigenvalue weighted by Crippen LogP contribution is 2.29. The lowest BCUT2D eigenvalue weighted by atomic mass is 10.1. The summed E-state index contributed by atoms with van der Waals surface area (Å²) >= 11 is 1.88. The minimum atomic E-state index is 0.662. The maximum Gasteiger partial charge on any atom is 0.0417 e. The van der Waals surface area contributed by atoms with Gasteiger partial charge in [0.1, 0.15) is 0 Å². The van der Waals surface area contributed by atoms with E-state index in [1.54, 1.807) is 4.88 Å². The second kappa shape index (κ2) is 2.95. The third kappa shape index (κ3) is 1.33. The molecule has 1 aliphatic heterocycles. The molecule has 11 heavy (non-hydrogen) atoms. The van der Waals surface area contributed by atoms with Gasteiger partial charge in [-0.2, -0.15) is 0 Å². The maximum atomic E-state index is 3.51. The van der Waals surface area contributed by atoms with Gasteiger partial charge in [-0.15, -0.1) is 11.3 Å². The first-order valence-electron chi connectivity index (χ1n) is 4.15. The molecule has 1 N–H and O–H groups in total. The molecule has 0 aliphatic carbocycles. The first-order valence-corrected chi connectivity index (χ1v) is 5.03. The molecule has 2 rings (SSSR count). The summed E-state index contributed by atoms with van der Waals surface area (Å²) in [7, 11) is 0. The fraction of sp³-hybridized carbons (Fsp3) is 0.556. The van der Waals surface area contributed by atoms with Crippen molar-refractivity contribution >= 4 is 11.3 Å². The molecule has 1 saturated heterocycles. The molecule has 0 aromatic carbocycles. The van der Waals surface area contributed by atoms with Crippen LogP contribution < -0.4 is 5.32 Å². The average molecular weight is 167 g/mol. The number of aryl methyl sites for hydroxylation is 1. The highest BCUT2D eigenvalue weighted by Gasteiger charge is 2.18. The lowest BCUT2D eigenvalue weighted by Crippen LogP contribution is -2.12. The van der Waals surface area contributed by atoms with E-state index in [1.807, 2.05) is 11.3 Å². The largest absolute Gasteiger partial charge is 0.309 e. The van der Waals surface area contributed by atoms with E-state index in [0.29, 0.717) is 6.04 Å². The van der Waals surface area contributed by atoms with Gasteiger partial charge >= 0.3 is 0 Å². The van der Waals surface area contributed by atoms with E-state index in [9.17, 15) is 0 Å². The normalized spacial score (nSPS) is 24.3. The Morgan fingerprint density at radius 1 is 1.64 bits per heavy atom. The Kier molecular flexibility index (Phi) is 1.96. The van der Waals surface area contributed by atoms with Crippen LogP contribution in [0.1, 0.15) is 29.3 Å². The Morgan fingerprint density at radius 3 is 3.09 bits per heavy atom. The minimum absolute atomic E-state index is 0.662. The van der Waals surface area contributed by atoms with Crippen molar-refractivity contribution in [2.24, 2.45) is 0 Å². The molecule has 0 radical (unpaired) electrons. The molecular formula is C9H13NS. The molecule has 1 aliphatic rings. The third-order valence-electron chi connectivity index (χ3n) is 2.28. The number of hydrogen-bond donors (Lipinski definition) is 1. The van der Waals surface area contributed by atoms with Crippen LogP contribution in [0.5, 0.6) is 0 Å². The molecule has 0 bridgehead atoms. The van der Waals surface area contributed by atoms with Gasteiger partial charge < -0.3 is 5.32 Å². The van der Waals surface area contributed by atoms with Gasteiger partial charge in [-0.25, -0.2) is 0 Å². The van der Waals surface area contributed by atoms with Crippen molar-refractivity contribution in [3.05, 3.63) is 21.9 Å². The van der Waals surface area contributed by atoms with E-state index in [4.69, 9.17) is 0 Å². The lowest BCUT2D eigenvalue weighted by Gasteiger charge is -2.07. The van der Waals surface area contributed by atoms with Gasteiger partial charge in [0.2, 0.25) is 0 Å². The zero-order chi connectivity index (χ0) is 7.68. The number of nitrogens with one attached hydrogen (secondary N) is 1. The fourth-order valence-electron chi connectivity index (χ4n) is 1.65. The van der Waals surface area contributed by atoms with E-state index >= 15 is 0 Å². The molecule has 1 fully saturated rings. The predicted molar refractivity (Wildman–Crippen MR) is 49.0 cm³/mol. The van der Waals surface area contributed by atoms with E-state index in [1.165, 1.54) is 24.9 Å². The van der Waals surface area contributed by atoms with Gasteiger partial charge in [0, 0.05) is 10.9 Å². The molecule has 0 saturated carbocycles. The quantitative estimate of drug-likeness (QED) is 0.677. The van der Waals surface area contributed by atoms with E-state index in [0.717, 1.165) is 0 Å². The monoisotopic (exact) mass is 167 g/mol. The van der Waals surface area contributed by atoms with Gasteiger partial charge in [-0.05, 0) is 43.3 Å². The molecule has 2 heteroatoms. The van der Waals surface area contributed by atoms with E-state index < -0.39 is 0 Å². The number of rotatable bonds is 1. The second-order valence-corrected chi connectivity index (χ2v) is 4.06. The van der Waals surface area contributed by atoms with Crippen LogP contribution in [0.15, 0.2) is 11.4 Å². The first-order chi connectivity index (χ1) is 5.38. The zero-order valence-electron chi connectivity index (χ0n) is 6.76. The molecule has 0 spiro atoms. The summed E-state index contributed by atoms with van der Waals surface area (Å²) in [6, 6.07) is 2.87. The van der Waals surface area contributed by atoms with Crippen LogP contribution >= 0.6 is 11.3 Å². The Hall–Kier alpha value is -0.340. The molecule has 0 amide bonds. The predicted octanol–water partition coefficient (Wildman–Crippen LogP) is 2.48. The summed E-state index contributed by atoms with van der Waals surface area (Å²) in [5, 5.41) is 5.70. The highest BCUT2D eigenvalue weighted by molar-refractivity contribution is 7.10. The molecule has 1 aromatic rings. The average Bonchev–Trinajstić information content (AvgIpc) is 2.55. The molecule has 1 atom stereocenters. The van der Waals surface area contributed by atoms with Crippen molar-refractivity contribution in [3.63, 3.8) is 0 Å². The van der Waals surface area contributed by atoms with Crippen LogP contribution in [-0.4, -0.2) is 6.54 Å². The first kappa shape index (κ1) is 7.32. The van der Waals surface area contributed by atoms with Gasteiger partial charge in [0.15, 0.2) is 0 Å². The van der Waals surface area contributed by atoms with Crippen molar-refractivity contribution in [1.29, 1.82) is 0 Å². The zero-order valence-corrected chi connectivity index (χ0v) is 7.58. The topological polar surface area (TPSA) is 12.0 Å². The molecule has 1 nitrogen and oxygen atoms in total. The van der Waals surface area contributed by atoms with Crippen LogP contribution in [-0.2, 0) is 0 Å². The van der Waals surface area contributed by atoms with Crippen LogP contribution in [0.25, 0.3) is 0 Å². The smallest absolute Gasteiger partial charge is 0.0417 e. The van der Waals surface area contributed by atoms with Crippen molar-refractivity contribution < 1.29 is 0 Å². The summed E-state index contributed by atoms with van der Waals surface area (Å²) in [5.41, 5.74) is 1.45. The van der Waals surface area contributed by atoms with E-state index in [2.05, 4.69) is 23.7 Å². The van der Waals surface area contributed by atoms with Crippen molar-refractivity contribution in [1.82, 2.24) is 5.32 Å². The molecule has 1 aromatic heterocycles. The Bertz CT molecular complexity index is 235. The SMILES string of the molecule is Cc1ccsc1[C@H]1CCCN1. The Balaban J connectivity index is 2.21. The van der Waals surface area contributed by atoms with Crippen molar-refractivity contribution in [2.75, 3.05) is 6.54 Å². The van der Waals surface area contributed by atoms with Crippen LogP contribution in [0.2, 0.25) is 0 Å². The Morgan fingerprint density at radius 2 is 2.55 bits per heavy atom. The van der Waals surface area contributed by atoms with Crippen molar-refractivity contribution in [2.45, 2.75) is 25.8 Å². The molecular weight excluding hydrogens is 154 g/mol. The summed E-state index contributed by atoms with van der Waals surface area (Å²) in [6.07, 6.45) is 2.66. The maximum absolute atomic E-state index is 3.51. The second-order valence-electron chi connectivity index (χ2n) is 3.12. The summed E-state index contributed by atoms with van der Waals surface area (Å²) in [4.78, 5) is 1.54. The van der Waals surface area contributed by atoms with Crippen LogP contribution in [0, 0.1) is 6.92 Å². The molecule has 60 valence electrons. The van der Waals surface area contributed by atoms with Crippen LogP contribution in [0.3, 0.4) is 0 Å². The van der Waals surface area contributed by atoms with E-state index in [-0.39, 0.29) is 0 Å². The fourth-order valence-corrected chi connectivity index (χ4v) is 2.69. The third-order valence-corrected chi connectivity index (χ3v) is 3.41.